The molecule has 0 spiro atoms. The van der Waals surface area contributed by atoms with Gasteiger partial charge in [0.1, 0.15) is 11.6 Å². The predicted octanol–water partition coefficient (Wildman–Crippen LogP) is 8.46. The number of imidazole rings is 1. The van der Waals surface area contributed by atoms with Crippen LogP contribution in [0.2, 0.25) is 0 Å². The minimum absolute atomic E-state index is 0.0782. The molecule has 0 bridgehead atoms. The lowest BCUT2D eigenvalue weighted by atomic mass is 9.70. The van der Waals surface area contributed by atoms with E-state index < -0.39 is 12.2 Å². The third kappa shape index (κ3) is 6.38. The Hall–Kier alpha value is -4.08. The number of carbonyl (C=O) groups is 1. The summed E-state index contributed by atoms with van der Waals surface area (Å²) in [5, 5.41) is 6.06. The van der Waals surface area contributed by atoms with Gasteiger partial charge in [0.2, 0.25) is 5.95 Å². The molecule has 1 aromatic heterocycles. The van der Waals surface area contributed by atoms with Crippen LogP contribution in [0.25, 0.3) is 11.0 Å². The molecule has 1 fully saturated rings. The van der Waals surface area contributed by atoms with Crippen molar-refractivity contribution in [3.05, 3.63) is 78.1 Å². The van der Waals surface area contributed by atoms with Gasteiger partial charge in [0.15, 0.2) is 0 Å². The molecule has 5 rings (SSSR count). The minimum atomic E-state index is -4.77. The Morgan fingerprint density at radius 2 is 1.68 bits per heavy atom. The Kier molecular flexibility index (Phi) is 7.20. The summed E-state index contributed by atoms with van der Waals surface area (Å²) in [7, 11) is 0. The second-order valence-electron chi connectivity index (χ2n) is 11.2. The molecule has 6 nitrogen and oxygen atoms in total. The molecular weight excluding hydrogens is 524 g/mol. The molecule has 10 heteroatoms. The average Bonchev–Trinajstić information content (AvgIpc) is 3.21. The molecule has 0 aliphatic heterocycles. The van der Waals surface area contributed by atoms with E-state index in [-0.39, 0.29) is 23.1 Å². The summed E-state index contributed by atoms with van der Waals surface area (Å²) in [5.41, 5.74) is 2.97. The molecule has 0 saturated heterocycles. The number of halogens is 4. The van der Waals surface area contributed by atoms with Gasteiger partial charge in [0.05, 0.1) is 11.0 Å². The second kappa shape index (κ2) is 10.5. The largest absolute Gasteiger partial charge is 0.573 e. The van der Waals surface area contributed by atoms with Gasteiger partial charge in [0.25, 0.3) is 5.91 Å². The Balaban J connectivity index is 1.51. The molecule has 3 aromatic carbocycles. The summed E-state index contributed by atoms with van der Waals surface area (Å²) in [6.07, 6.45) is -1.88. The molecule has 4 aromatic rings. The number of anilines is 3. The van der Waals surface area contributed by atoms with Crippen LogP contribution in [-0.4, -0.2) is 21.8 Å². The predicted molar refractivity (Wildman–Crippen MR) is 146 cm³/mol. The molecule has 2 atom stereocenters. The number of nitrogens with one attached hydrogen (secondary N) is 2. The number of nitrogens with zero attached hydrogens (tertiary/aromatic N) is 2. The van der Waals surface area contributed by atoms with Gasteiger partial charge in [-0.25, -0.2) is 9.37 Å². The standard InChI is InChI=1S/C30H30F4N4O2/c1-18-14-23(17-29(2,3)16-18)38-26-15-19(27(39)35-21-7-5-20(31)6-8-21)4-13-25(26)37-28(38)36-22-9-11-24(12-10-22)40-30(32,33)34/h4-13,15,18,23H,14,16-17H2,1-3H3,(H,35,39)(H,36,37)/t18-,23?/m0/s1. The number of fused-ring (bicyclic) bond motifs is 1. The third-order valence-corrected chi connectivity index (χ3v) is 7.13. The van der Waals surface area contributed by atoms with Gasteiger partial charge in [-0.2, -0.15) is 0 Å². The van der Waals surface area contributed by atoms with Crippen LogP contribution in [-0.2, 0) is 0 Å². The summed E-state index contributed by atoms with van der Waals surface area (Å²) in [4.78, 5) is 17.9. The van der Waals surface area contributed by atoms with Crippen LogP contribution in [0.4, 0.5) is 34.9 Å². The molecule has 40 heavy (non-hydrogen) atoms. The summed E-state index contributed by atoms with van der Waals surface area (Å²) < 4.78 is 57.2. The van der Waals surface area contributed by atoms with Crippen LogP contribution in [0, 0.1) is 17.2 Å². The van der Waals surface area contributed by atoms with Crippen molar-refractivity contribution in [2.45, 2.75) is 52.4 Å². The number of aromatic nitrogens is 2. The van der Waals surface area contributed by atoms with Gasteiger partial charge in [-0.15, -0.1) is 13.2 Å². The second-order valence-corrected chi connectivity index (χ2v) is 11.2. The monoisotopic (exact) mass is 554 g/mol. The fraction of sp³-hybridized carbons (Fsp3) is 0.333. The highest BCUT2D eigenvalue weighted by atomic mass is 19.4. The summed E-state index contributed by atoms with van der Waals surface area (Å²) in [6, 6.07) is 16.3. The zero-order valence-corrected chi connectivity index (χ0v) is 22.3. The topological polar surface area (TPSA) is 68.2 Å². The maximum absolute atomic E-state index is 13.3. The molecular formula is C30H30F4N4O2. The van der Waals surface area contributed by atoms with E-state index in [0.717, 1.165) is 24.8 Å². The van der Waals surface area contributed by atoms with E-state index in [1.807, 2.05) is 0 Å². The number of benzene rings is 3. The van der Waals surface area contributed by atoms with Crippen LogP contribution >= 0.6 is 0 Å². The molecule has 1 aliphatic carbocycles. The van der Waals surface area contributed by atoms with Crippen molar-refractivity contribution >= 4 is 34.3 Å². The Morgan fingerprint density at radius 1 is 1.00 bits per heavy atom. The van der Waals surface area contributed by atoms with Crippen LogP contribution in [0.1, 0.15) is 56.4 Å². The van der Waals surface area contributed by atoms with Crippen LogP contribution in [0.5, 0.6) is 5.75 Å². The first-order valence-corrected chi connectivity index (χ1v) is 13.1. The van der Waals surface area contributed by atoms with E-state index in [1.54, 1.807) is 18.2 Å². The number of rotatable bonds is 6. The molecule has 1 heterocycles. The van der Waals surface area contributed by atoms with Gasteiger partial charge < -0.3 is 19.9 Å². The molecule has 1 saturated carbocycles. The smallest absolute Gasteiger partial charge is 0.406 e. The molecule has 1 aliphatic rings. The zero-order valence-electron chi connectivity index (χ0n) is 22.3. The van der Waals surface area contributed by atoms with Crippen molar-refractivity contribution in [3.8, 4) is 5.75 Å². The highest BCUT2D eigenvalue weighted by Gasteiger charge is 2.35. The highest BCUT2D eigenvalue weighted by Crippen LogP contribution is 2.46. The van der Waals surface area contributed by atoms with Crippen molar-refractivity contribution in [2.24, 2.45) is 11.3 Å². The first kappa shape index (κ1) is 27.5. The third-order valence-electron chi connectivity index (χ3n) is 7.13. The quantitative estimate of drug-likeness (QED) is 0.235. The summed E-state index contributed by atoms with van der Waals surface area (Å²) in [6.45, 7) is 6.70. The number of carbonyl (C=O) groups excluding carboxylic acids is 1. The van der Waals surface area contributed by atoms with Crippen LogP contribution < -0.4 is 15.4 Å². The first-order chi connectivity index (χ1) is 18.8. The Labute approximate surface area is 229 Å². The zero-order chi connectivity index (χ0) is 28.7. The number of amides is 1. The number of alkyl halides is 3. The molecule has 210 valence electrons. The number of hydrogen-bond acceptors (Lipinski definition) is 4. The van der Waals surface area contributed by atoms with Crippen LogP contribution in [0.15, 0.2) is 66.7 Å². The highest BCUT2D eigenvalue weighted by molar-refractivity contribution is 6.06. The Bertz CT molecular complexity index is 1510. The summed E-state index contributed by atoms with van der Waals surface area (Å²) >= 11 is 0. The minimum Gasteiger partial charge on any atom is -0.406 e. The van der Waals surface area contributed by atoms with E-state index in [9.17, 15) is 22.4 Å². The van der Waals surface area contributed by atoms with E-state index in [4.69, 9.17) is 4.98 Å². The lowest BCUT2D eigenvalue weighted by molar-refractivity contribution is -0.274. The van der Waals surface area contributed by atoms with Gasteiger partial charge in [0, 0.05) is 23.0 Å². The maximum Gasteiger partial charge on any atom is 0.573 e. The molecule has 0 radical (unpaired) electrons. The van der Waals surface area contributed by atoms with Gasteiger partial charge in [-0.1, -0.05) is 20.8 Å². The van der Waals surface area contributed by atoms with E-state index in [2.05, 4.69) is 40.7 Å². The normalized spacial score (nSPS) is 18.9. The van der Waals surface area contributed by atoms with E-state index in [1.165, 1.54) is 48.5 Å². The van der Waals surface area contributed by atoms with Gasteiger partial charge in [-0.3, -0.25) is 4.79 Å². The van der Waals surface area contributed by atoms with Crippen molar-refractivity contribution in [1.29, 1.82) is 0 Å². The van der Waals surface area contributed by atoms with Crippen molar-refractivity contribution < 1.29 is 27.1 Å². The number of hydrogen-bond donors (Lipinski definition) is 2. The fourth-order valence-electron chi connectivity index (χ4n) is 5.79. The van der Waals surface area contributed by atoms with E-state index in [0.29, 0.717) is 34.3 Å². The fourth-order valence-corrected chi connectivity index (χ4v) is 5.79. The lowest BCUT2D eigenvalue weighted by Gasteiger charge is -2.40. The van der Waals surface area contributed by atoms with Crippen molar-refractivity contribution in [2.75, 3.05) is 10.6 Å². The molecule has 2 N–H and O–H groups in total. The summed E-state index contributed by atoms with van der Waals surface area (Å²) in [5.74, 6) is -0.0524. The average molecular weight is 555 g/mol. The maximum atomic E-state index is 13.3. The molecule has 1 unspecified atom stereocenters. The van der Waals surface area contributed by atoms with Crippen LogP contribution in [0.3, 0.4) is 0 Å². The van der Waals surface area contributed by atoms with Gasteiger partial charge >= 0.3 is 6.36 Å². The SMILES string of the molecule is C[C@H]1CC(n2c(Nc3ccc(OC(F)(F)F)cc3)nc3ccc(C(=O)Nc4ccc(F)cc4)cc32)CC(C)(C)C1. The molecule has 1 amide bonds. The van der Waals surface area contributed by atoms with Crippen molar-refractivity contribution in [1.82, 2.24) is 9.55 Å². The Morgan fingerprint density at radius 3 is 2.33 bits per heavy atom. The first-order valence-electron chi connectivity index (χ1n) is 13.1. The van der Waals surface area contributed by atoms with Gasteiger partial charge in [-0.05, 0) is 97.3 Å². The van der Waals surface area contributed by atoms with E-state index >= 15 is 0 Å². The lowest BCUT2D eigenvalue weighted by Crippen LogP contribution is -2.29. The van der Waals surface area contributed by atoms with Crippen molar-refractivity contribution in [3.63, 3.8) is 0 Å². The number of ether oxygens (including phenoxy) is 1.